The fourth-order valence-electron chi connectivity index (χ4n) is 7.03. The monoisotopic (exact) mass is 668 g/mol. The van der Waals surface area contributed by atoms with E-state index in [-0.39, 0.29) is 23.3 Å². The summed E-state index contributed by atoms with van der Waals surface area (Å²) in [4.78, 5) is 51.1. The van der Waals surface area contributed by atoms with Gasteiger partial charge < -0.3 is 35.6 Å². The Labute approximate surface area is 278 Å². The highest BCUT2D eigenvalue weighted by molar-refractivity contribution is 5.88. The zero-order chi connectivity index (χ0) is 35.1. The van der Waals surface area contributed by atoms with Crippen molar-refractivity contribution < 1.29 is 44.0 Å². The molecule has 1 aliphatic heterocycles. The van der Waals surface area contributed by atoms with E-state index in [2.05, 4.69) is 59.6 Å². The van der Waals surface area contributed by atoms with Crippen molar-refractivity contribution >= 4 is 34.8 Å². The highest BCUT2D eigenvalue weighted by Crippen LogP contribution is 2.43. The van der Waals surface area contributed by atoms with Crippen molar-refractivity contribution in [2.24, 2.45) is 5.92 Å². The van der Waals surface area contributed by atoms with Crippen LogP contribution in [0.25, 0.3) is 10.9 Å². The first-order valence-corrected chi connectivity index (χ1v) is 16.2. The number of benzene rings is 2. The molecule has 2 aliphatic rings. The molecule has 1 aliphatic carbocycles. The normalized spacial score (nSPS) is 21.3. The quantitative estimate of drug-likeness (QED) is 0.180. The third kappa shape index (κ3) is 8.70. The standard InChI is InChI=1S/C29H37FN4O.C6H8O7/c1-33(2)29(23-8-4-3-5-9-23)14-12-21(13-15-29)18-32-28(35)34-16-6-7-22(20-34)26-19-31-27-11-10-24(30)17-25(26)27;7-3(8)1-6(13,5(11)12)2-4(9)10/h3-5,8-11,17,19,21-22,31H,6-7,12-16,18,20H2,1-2H3,(H,32,35);13H,1-2H2,(H,7,8)(H,9,10)(H,11,12). The molecule has 2 amide bonds. The summed E-state index contributed by atoms with van der Waals surface area (Å²) in [7, 11) is 4.37. The molecule has 260 valence electrons. The number of H-pyrrole nitrogens is 1. The molecule has 12 nitrogen and oxygen atoms in total. The largest absolute Gasteiger partial charge is 0.481 e. The Morgan fingerprint density at radius 3 is 2.23 bits per heavy atom. The molecule has 13 heteroatoms. The van der Waals surface area contributed by atoms with Crippen LogP contribution in [-0.2, 0) is 19.9 Å². The number of fused-ring (bicyclic) bond motifs is 1. The summed E-state index contributed by atoms with van der Waals surface area (Å²) in [5.41, 5.74) is 0.803. The molecule has 2 fully saturated rings. The summed E-state index contributed by atoms with van der Waals surface area (Å²) in [6.07, 6.45) is 6.10. The highest BCUT2D eigenvalue weighted by atomic mass is 19.1. The Hall–Kier alpha value is -4.49. The van der Waals surface area contributed by atoms with Crippen LogP contribution in [0.4, 0.5) is 9.18 Å². The molecule has 1 aromatic heterocycles. The molecule has 1 saturated heterocycles. The summed E-state index contributed by atoms with van der Waals surface area (Å²) < 4.78 is 13.8. The second-order valence-corrected chi connectivity index (χ2v) is 13.1. The minimum absolute atomic E-state index is 0.0354. The number of amides is 2. The summed E-state index contributed by atoms with van der Waals surface area (Å²) in [5.74, 6) is -4.50. The minimum Gasteiger partial charge on any atom is -0.481 e. The zero-order valence-electron chi connectivity index (χ0n) is 27.3. The van der Waals surface area contributed by atoms with Crippen molar-refractivity contribution in [3.8, 4) is 0 Å². The number of carbonyl (C=O) groups excluding carboxylic acids is 1. The van der Waals surface area contributed by atoms with E-state index in [4.69, 9.17) is 20.4 Å². The van der Waals surface area contributed by atoms with Crippen molar-refractivity contribution in [3.63, 3.8) is 0 Å². The molecule has 0 bridgehead atoms. The first-order chi connectivity index (χ1) is 22.7. The molecule has 2 heterocycles. The number of nitrogens with one attached hydrogen (secondary N) is 2. The molecule has 1 saturated carbocycles. The van der Waals surface area contributed by atoms with E-state index >= 15 is 0 Å². The van der Waals surface area contributed by atoms with Crippen molar-refractivity contribution in [1.29, 1.82) is 0 Å². The second kappa shape index (κ2) is 15.6. The Balaban J connectivity index is 0.000000341. The summed E-state index contributed by atoms with van der Waals surface area (Å²) in [6.45, 7) is 2.19. The van der Waals surface area contributed by atoms with Gasteiger partial charge >= 0.3 is 23.9 Å². The first-order valence-electron chi connectivity index (χ1n) is 16.2. The van der Waals surface area contributed by atoms with Crippen molar-refractivity contribution in [2.45, 2.75) is 68.4 Å². The third-order valence-electron chi connectivity index (χ3n) is 9.75. The Kier molecular flexibility index (Phi) is 11.8. The average Bonchev–Trinajstić information content (AvgIpc) is 3.47. The van der Waals surface area contributed by atoms with E-state index in [9.17, 15) is 23.6 Å². The van der Waals surface area contributed by atoms with Gasteiger partial charge in [0, 0.05) is 48.2 Å². The van der Waals surface area contributed by atoms with Crippen LogP contribution in [0.15, 0.2) is 54.7 Å². The maximum absolute atomic E-state index is 13.8. The Morgan fingerprint density at radius 2 is 1.65 bits per heavy atom. The van der Waals surface area contributed by atoms with Gasteiger partial charge in [-0.3, -0.25) is 14.5 Å². The fraction of sp³-hybridized carbons (Fsp3) is 0.486. The molecule has 5 rings (SSSR count). The molecule has 2 aromatic carbocycles. The molecule has 3 aromatic rings. The number of piperidine rings is 1. The molecule has 0 radical (unpaired) electrons. The van der Waals surface area contributed by atoms with Gasteiger partial charge in [-0.25, -0.2) is 14.0 Å². The zero-order valence-corrected chi connectivity index (χ0v) is 27.3. The van der Waals surface area contributed by atoms with Crippen LogP contribution in [0.2, 0.25) is 0 Å². The van der Waals surface area contributed by atoms with Crippen LogP contribution in [-0.4, -0.2) is 98.5 Å². The summed E-state index contributed by atoms with van der Waals surface area (Å²) in [6, 6.07) is 15.7. The van der Waals surface area contributed by atoms with Crippen LogP contribution >= 0.6 is 0 Å². The number of halogens is 1. The van der Waals surface area contributed by atoms with Gasteiger partial charge in [-0.05, 0) is 87.9 Å². The first kappa shape index (κ1) is 36.3. The lowest BCUT2D eigenvalue weighted by Gasteiger charge is -2.45. The number of rotatable bonds is 10. The number of carbonyl (C=O) groups is 4. The van der Waals surface area contributed by atoms with Crippen molar-refractivity contribution in [3.05, 3.63) is 71.7 Å². The number of nitrogens with zero attached hydrogens (tertiary/aromatic N) is 2. The predicted octanol–water partition coefficient (Wildman–Crippen LogP) is 4.59. The third-order valence-corrected chi connectivity index (χ3v) is 9.75. The topological polar surface area (TPSA) is 183 Å². The van der Waals surface area contributed by atoms with E-state index < -0.39 is 36.4 Å². The van der Waals surface area contributed by atoms with Crippen LogP contribution in [0.5, 0.6) is 0 Å². The van der Waals surface area contributed by atoms with Gasteiger partial charge in [0.1, 0.15) is 5.82 Å². The van der Waals surface area contributed by atoms with Crippen molar-refractivity contribution in [1.82, 2.24) is 20.1 Å². The summed E-state index contributed by atoms with van der Waals surface area (Å²) >= 11 is 0. The number of hydrogen-bond donors (Lipinski definition) is 6. The molecule has 6 N–H and O–H groups in total. The van der Waals surface area contributed by atoms with Gasteiger partial charge in [0.15, 0.2) is 5.60 Å². The predicted molar refractivity (Wildman–Crippen MR) is 176 cm³/mol. The number of aliphatic carboxylic acids is 3. The van der Waals surface area contributed by atoms with Gasteiger partial charge in [-0.15, -0.1) is 0 Å². The number of carboxylic acids is 3. The van der Waals surface area contributed by atoms with Gasteiger partial charge in [0.2, 0.25) is 0 Å². The maximum atomic E-state index is 13.8. The summed E-state index contributed by atoms with van der Waals surface area (Å²) in [5, 5.41) is 38.0. The number of urea groups is 1. The van der Waals surface area contributed by atoms with Crippen LogP contribution < -0.4 is 5.32 Å². The number of carboxylic acid groups (broad SMARTS) is 3. The molecular weight excluding hydrogens is 623 g/mol. The van der Waals surface area contributed by atoms with Crippen LogP contribution in [0.3, 0.4) is 0 Å². The molecular formula is C35H45FN4O8. The van der Waals surface area contributed by atoms with E-state index in [0.717, 1.165) is 68.1 Å². The SMILES string of the molecule is CN(C)C1(c2ccccc2)CCC(CNC(=O)N2CCCC(c3c[nH]c4ccc(F)cc34)C2)CC1.O=C(O)CC(O)(CC(=O)O)C(=O)O. The number of hydrogen-bond acceptors (Lipinski definition) is 6. The van der Waals surface area contributed by atoms with Gasteiger partial charge in [-0.2, -0.15) is 0 Å². The van der Waals surface area contributed by atoms with Crippen LogP contribution in [0, 0.1) is 11.7 Å². The van der Waals surface area contributed by atoms with E-state index in [1.165, 1.54) is 11.6 Å². The lowest BCUT2D eigenvalue weighted by atomic mass is 9.72. The molecule has 0 spiro atoms. The smallest absolute Gasteiger partial charge is 0.336 e. The molecule has 1 unspecified atom stereocenters. The maximum Gasteiger partial charge on any atom is 0.336 e. The van der Waals surface area contributed by atoms with Crippen molar-refractivity contribution in [2.75, 3.05) is 33.7 Å². The van der Waals surface area contributed by atoms with Gasteiger partial charge in [-0.1, -0.05) is 30.3 Å². The number of likely N-dealkylation sites (tertiary alicyclic amines) is 1. The van der Waals surface area contributed by atoms with Crippen LogP contribution in [0.1, 0.15) is 68.4 Å². The van der Waals surface area contributed by atoms with E-state index in [0.29, 0.717) is 12.5 Å². The molecule has 1 atom stereocenters. The van der Waals surface area contributed by atoms with E-state index in [1.54, 1.807) is 12.1 Å². The number of aromatic nitrogens is 1. The van der Waals surface area contributed by atoms with E-state index in [1.807, 2.05) is 11.1 Å². The number of aliphatic hydroxyl groups is 1. The second-order valence-electron chi connectivity index (χ2n) is 13.1. The lowest BCUT2D eigenvalue weighted by Crippen LogP contribution is -2.48. The minimum atomic E-state index is -2.74. The lowest BCUT2D eigenvalue weighted by molar-refractivity contribution is -0.170. The Bertz CT molecular complexity index is 1570. The fourth-order valence-corrected chi connectivity index (χ4v) is 7.03. The molecule has 48 heavy (non-hydrogen) atoms. The van der Waals surface area contributed by atoms with Gasteiger partial charge in [0.25, 0.3) is 0 Å². The van der Waals surface area contributed by atoms with Gasteiger partial charge in [0.05, 0.1) is 12.8 Å². The Morgan fingerprint density at radius 1 is 1.00 bits per heavy atom. The average molecular weight is 669 g/mol. The highest BCUT2D eigenvalue weighted by Gasteiger charge is 2.41. The number of aromatic amines is 1.